The van der Waals surface area contributed by atoms with E-state index in [0.717, 1.165) is 24.6 Å². The smallest absolute Gasteiger partial charge is 0.288 e. The second-order valence-corrected chi connectivity index (χ2v) is 7.85. The van der Waals surface area contributed by atoms with Gasteiger partial charge >= 0.3 is 0 Å². The molecule has 3 rings (SSSR count). The first-order valence-corrected chi connectivity index (χ1v) is 10.2. The molecule has 1 saturated heterocycles. The summed E-state index contributed by atoms with van der Waals surface area (Å²) in [6, 6.07) is 3.83. The van der Waals surface area contributed by atoms with Crippen molar-refractivity contribution >= 4 is 45.6 Å². The van der Waals surface area contributed by atoms with Crippen molar-refractivity contribution in [2.75, 3.05) is 25.0 Å². The van der Waals surface area contributed by atoms with Gasteiger partial charge in [-0.05, 0) is 31.9 Å². The number of hydrogen-bond donors (Lipinski definition) is 1. The fourth-order valence-corrected chi connectivity index (χ4v) is 3.86. The van der Waals surface area contributed by atoms with Gasteiger partial charge < -0.3 is 15.0 Å². The van der Waals surface area contributed by atoms with Crippen molar-refractivity contribution in [3.63, 3.8) is 0 Å². The summed E-state index contributed by atoms with van der Waals surface area (Å²) in [5.41, 5.74) is 0.500. The molecule has 1 aliphatic rings. The number of nitro groups is 1. The van der Waals surface area contributed by atoms with Crippen LogP contribution in [0.4, 0.5) is 10.8 Å². The molecular weight excluding hydrogens is 420 g/mol. The van der Waals surface area contributed by atoms with Gasteiger partial charge in [0.05, 0.1) is 16.7 Å². The van der Waals surface area contributed by atoms with Crippen LogP contribution in [-0.4, -0.2) is 52.4 Å². The lowest BCUT2D eigenvalue weighted by Gasteiger charge is -2.25. The molecule has 1 aliphatic heterocycles. The first-order valence-electron chi connectivity index (χ1n) is 8.90. The Balaban J connectivity index is 1.78. The van der Waals surface area contributed by atoms with Crippen molar-refractivity contribution in [3.05, 3.63) is 50.0 Å². The molecule has 0 aliphatic carbocycles. The predicted octanol–water partition coefficient (Wildman–Crippen LogP) is 3.27. The number of thiazole rings is 1. The Morgan fingerprint density at radius 2 is 2.28 bits per heavy atom. The van der Waals surface area contributed by atoms with Crippen LogP contribution in [0.3, 0.4) is 0 Å². The van der Waals surface area contributed by atoms with Crippen LogP contribution in [0.2, 0.25) is 5.02 Å². The molecule has 1 unspecified atom stereocenters. The molecule has 0 radical (unpaired) electrons. The molecule has 1 aromatic heterocycles. The van der Waals surface area contributed by atoms with Gasteiger partial charge in [0, 0.05) is 30.2 Å². The average molecular weight is 439 g/mol. The number of rotatable bonds is 7. The van der Waals surface area contributed by atoms with E-state index in [9.17, 15) is 19.7 Å². The fourth-order valence-electron chi connectivity index (χ4n) is 2.97. The lowest BCUT2D eigenvalue weighted by atomic mass is 10.1. The number of carbonyl (C=O) groups is 2. The molecule has 1 aromatic carbocycles. The minimum atomic E-state index is -0.652. The van der Waals surface area contributed by atoms with E-state index in [0.29, 0.717) is 11.7 Å². The molecule has 9 nitrogen and oxygen atoms in total. The lowest BCUT2D eigenvalue weighted by molar-refractivity contribution is -0.384. The van der Waals surface area contributed by atoms with Gasteiger partial charge in [-0.25, -0.2) is 4.98 Å². The van der Waals surface area contributed by atoms with E-state index in [1.54, 1.807) is 5.38 Å². The van der Waals surface area contributed by atoms with Gasteiger partial charge in [0.25, 0.3) is 11.6 Å². The number of aromatic nitrogens is 1. The van der Waals surface area contributed by atoms with Crippen LogP contribution >= 0.6 is 22.9 Å². The molecule has 1 fully saturated rings. The third-order valence-electron chi connectivity index (χ3n) is 4.32. The number of nitro benzene ring substituents is 1. The molecule has 0 saturated carbocycles. The van der Waals surface area contributed by atoms with Crippen LogP contribution in [0.1, 0.15) is 28.9 Å². The highest BCUT2D eigenvalue weighted by Gasteiger charge is 2.27. The van der Waals surface area contributed by atoms with Crippen molar-refractivity contribution < 1.29 is 19.2 Å². The van der Waals surface area contributed by atoms with E-state index in [4.69, 9.17) is 16.3 Å². The maximum absolute atomic E-state index is 13.0. The van der Waals surface area contributed by atoms with Crippen LogP contribution in [0.15, 0.2) is 23.6 Å². The average Bonchev–Trinajstić information content (AvgIpc) is 3.32. The minimum absolute atomic E-state index is 0.0610. The zero-order valence-corrected chi connectivity index (χ0v) is 17.2. The predicted molar refractivity (Wildman–Crippen MR) is 108 cm³/mol. The summed E-state index contributed by atoms with van der Waals surface area (Å²) in [6.07, 6.45) is 1.47. The molecule has 0 bridgehead atoms. The number of nitrogens with one attached hydrogen (secondary N) is 1. The van der Waals surface area contributed by atoms with Crippen molar-refractivity contribution in [2.45, 2.75) is 25.9 Å². The Morgan fingerprint density at radius 1 is 1.48 bits per heavy atom. The SMILES string of the molecule is Cc1csc(NC(=O)CN(CC2CCCO2)C(=O)c2ccc(Cl)c([N+](=O)[O-])c2)n1. The molecular formula is C18H19ClN4O5S. The standard InChI is InChI=1S/C18H19ClN4O5S/c1-11-10-29-18(20-11)21-16(24)9-22(8-13-3-2-6-28-13)17(25)12-4-5-14(19)15(7-12)23(26)27/h4-5,7,10,13H,2-3,6,8-9H2,1H3,(H,20,21,24). The van der Waals surface area contributed by atoms with Crippen molar-refractivity contribution in [3.8, 4) is 0 Å². The number of nitrogens with zero attached hydrogens (tertiary/aromatic N) is 3. The van der Waals surface area contributed by atoms with E-state index in [1.165, 1.54) is 28.4 Å². The minimum Gasteiger partial charge on any atom is -0.376 e. The van der Waals surface area contributed by atoms with Crippen LogP contribution in [0.25, 0.3) is 0 Å². The second-order valence-electron chi connectivity index (χ2n) is 6.59. The summed E-state index contributed by atoms with van der Waals surface area (Å²) in [5, 5.41) is 16.0. The van der Waals surface area contributed by atoms with Gasteiger partial charge in [0.2, 0.25) is 5.91 Å². The maximum atomic E-state index is 13.0. The zero-order chi connectivity index (χ0) is 21.0. The van der Waals surface area contributed by atoms with Crippen LogP contribution in [0.5, 0.6) is 0 Å². The topological polar surface area (TPSA) is 115 Å². The fraction of sp³-hybridized carbons (Fsp3) is 0.389. The van der Waals surface area contributed by atoms with Gasteiger partial charge in [-0.3, -0.25) is 19.7 Å². The third-order valence-corrected chi connectivity index (χ3v) is 5.52. The Kier molecular flexibility index (Phi) is 6.78. The second kappa shape index (κ2) is 9.29. The number of aryl methyl sites for hydroxylation is 1. The highest BCUT2D eigenvalue weighted by molar-refractivity contribution is 7.13. The highest BCUT2D eigenvalue weighted by atomic mass is 35.5. The largest absolute Gasteiger partial charge is 0.376 e. The Hall–Kier alpha value is -2.56. The Morgan fingerprint density at radius 3 is 2.90 bits per heavy atom. The number of anilines is 1. The Bertz CT molecular complexity index is 929. The highest BCUT2D eigenvalue weighted by Crippen LogP contribution is 2.26. The molecule has 154 valence electrons. The summed E-state index contributed by atoms with van der Waals surface area (Å²) >= 11 is 7.12. The summed E-state index contributed by atoms with van der Waals surface area (Å²) < 4.78 is 5.59. The third kappa shape index (κ3) is 5.49. The molecule has 1 atom stereocenters. The molecule has 11 heteroatoms. The quantitative estimate of drug-likeness (QED) is 0.524. The molecule has 2 heterocycles. The monoisotopic (exact) mass is 438 g/mol. The maximum Gasteiger partial charge on any atom is 0.288 e. The summed E-state index contributed by atoms with van der Waals surface area (Å²) in [5.74, 6) is -0.917. The number of amides is 2. The van der Waals surface area contributed by atoms with Gasteiger partial charge in [-0.15, -0.1) is 11.3 Å². The molecule has 29 heavy (non-hydrogen) atoms. The molecule has 2 amide bonds. The summed E-state index contributed by atoms with van der Waals surface area (Å²) in [6.45, 7) is 2.39. The number of benzene rings is 1. The van der Waals surface area contributed by atoms with E-state index in [2.05, 4.69) is 10.3 Å². The Labute approximate surface area is 175 Å². The zero-order valence-electron chi connectivity index (χ0n) is 15.6. The van der Waals surface area contributed by atoms with E-state index >= 15 is 0 Å². The van der Waals surface area contributed by atoms with E-state index in [1.807, 2.05) is 6.92 Å². The number of hydrogen-bond acceptors (Lipinski definition) is 7. The summed E-state index contributed by atoms with van der Waals surface area (Å²) in [7, 11) is 0. The lowest BCUT2D eigenvalue weighted by Crippen LogP contribution is -2.42. The van der Waals surface area contributed by atoms with Gasteiger partial charge in [-0.1, -0.05) is 11.6 Å². The van der Waals surface area contributed by atoms with Gasteiger partial charge in [0.15, 0.2) is 5.13 Å². The van der Waals surface area contributed by atoms with Crippen molar-refractivity contribution in [1.29, 1.82) is 0 Å². The van der Waals surface area contributed by atoms with Crippen molar-refractivity contribution in [2.24, 2.45) is 0 Å². The summed E-state index contributed by atoms with van der Waals surface area (Å²) in [4.78, 5) is 41.5. The van der Waals surface area contributed by atoms with Crippen LogP contribution in [0, 0.1) is 17.0 Å². The molecule has 0 spiro atoms. The van der Waals surface area contributed by atoms with E-state index in [-0.39, 0.29) is 35.5 Å². The van der Waals surface area contributed by atoms with Gasteiger partial charge in [0.1, 0.15) is 11.6 Å². The van der Waals surface area contributed by atoms with Crippen LogP contribution < -0.4 is 5.32 Å². The normalized spacial score (nSPS) is 15.9. The number of carbonyl (C=O) groups excluding carboxylic acids is 2. The van der Waals surface area contributed by atoms with E-state index < -0.39 is 16.7 Å². The number of ether oxygens (including phenoxy) is 1. The first-order chi connectivity index (χ1) is 13.8. The number of halogens is 1. The van der Waals surface area contributed by atoms with Gasteiger partial charge in [-0.2, -0.15) is 0 Å². The molecule has 1 N–H and O–H groups in total. The molecule has 2 aromatic rings. The van der Waals surface area contributed by atoms with Crippen molar-refractivity contribution in [1.82, 2.24) is 9.88 Å². The van der Waals surface area contributed by atoms with Crippen LogP contribution in [-0.2, 0) is 9.53 Å². The first kappa shape index (κ1) is 21.2.